The molecular formula is C14H18ClNO. The van der Waals surface area contributed by atoms with Crippen molar-refractivity contribution in [3.05, 3.63) is 28.8 Å². The van der Waals surface area contributed by atoms with Gasteiger partial charge in [0.25, 0.3) is 0 Å². The largest absolute Gasteiger partial charge is 0.326 e. The summed E-state index contributed by atoms with van der Waals surface area (Å²) in [5, 5.41) is 3.66. The predicted molar refractivity (Wildman–Crippen MR) is 71.4 cm³/mol. The molecule has 0 heterocycles. The Hall–Kier alpha value is -1.02. The normalized spacial score (nSPS) is 18.1. The van der Waals surface area contributed by atoms with E-state index in [1.165, 1.54) is 0 Å². The quantitative estimate of drug-likeness (QED) is 0.840. The van der Waals surface area contributed by atoms with Crippen LogP contribution in [0.2, 0.25) is 5.02 Å². The summed E-state index contributed by atoms with van der Waals surface area (Å²) in [6, 6.07) is 5.64. The summed E-state index contributed by atoms with van der Waals surface area (Å²) in [6.45, 7) is 4.00. The summed E-state index contributed by atoms with van der Waals surface area (Å²) in [4.78, 5) is 12.2. The number of halogens is 1. The molecule has 3 heteroatoms. The number of hydrogen-bond donors (Lipinski definition) is 1. The Morgan fingerprint density at radius 2 is 2.00 bits per heavy atom. The number of carbonyl (C=O) groups excluding carboxylic acids is 1. The van der Waals surface area contributed by atoms with Gasteiger partial charge in [-0.3, -0.25) is 4.79 Å². The SMILES string of the molecule is Cc1ccc(NC(=O)C2(C)CCCC2)cc1Cl. The van der Waals surface area contributed by atoms with Crippen molar-refractivity contribution in [2.24, 2.45) is 5.41 Å². The molecule has 2 nitrogen and oxygen atoms in total. The van der Waals surface area contributed by atoms with Gasteiger partial charge in [-0.05, 0) is 37.5 Å². The molecule has 92 valence electrons. The fourth-order valence-electron chi connectivity index (χ4n) is 2.33. The number of benzene rings is 1. The minimum atomic E-state index is -0.197. The third-order valence-electron chi connectivity index (χ3n) is 3.68. The molecule has 1 aliphatic carbocycles. The lowest BCUT2D eigenvalue weighted by atomic mass is 9.88. The molecule has 0 unspecified atom stereocenters. The van der Waals surface area contributed by atoms with Gasteiger partial charge in [-0.25, -0.2) is 0 Å². The fraction of sp³-hybridized carbons (Fsp3) is 0.500. The van der Waals surface area contributed by atoms with Crippen LogP contribution in [0.1, 0.15) is 38.2 Å². The number of nitrogens with one attached hydrogen (secondary N) is 1. The summed E-state index contributed by atoms with van der Waals surface area (Å²) in [7, 11) is 0. The Bertz CT molecular complexity index is 436. The lowest BCUT2D eigenvalue weighted by molar-refractivity contribution is -0.124. The number of hydrogen-bond acceptors (Lipinski definition) is 1. The van der Waals surface area contributed by atoms with Gasteiger partial charge in [0.05, 0.1) is 0 Å². The zero-order valence-electron chi connectivity index (χ0n) is 10.3. The number of carbonyl (C=O) groups is 1. The molecule has 1 fully saturated rings. The topological polar surface area (TPSA) is 29.1 Å². The Kier molecular flexibility index (Phi) is 3.43. The lowest BCUT2D eigenvalue weighted by Crippen LogP contribution is -2.30. The highest BCUT2D eigenvalue weighted by Gasteiger charge is 2.36. The van der Waals surface area contributed by atoms with Crippen LogP contribution in [-0.2, 0) is 4.79 Å². The van der Waals surface area contributed by atoms with Crippen molar-refractivity contribution in [1.82, 2.24) is 0 Å². The predicted octanol–water partition coefficient (Wildman–Crippen LogP) is 4.17. The first-order valence-electron chi connectivity index (χ1n) is 6.09. The molecule has 1 aromatic carbocycles. The number of rotatable bonds is 2. The van der Waals surface area contributed by atoms with Crippen LogP contribution in [0.3, 0.4) is 0 Å². The molecule has 0 radical (unpaired) electrons. The van der Waals surface area contributed by atoms with Crippen LogP contribution in [-0.4, -0.2) is 5.91 Å². The highest BCUT2D eigenvalue weighted by atomic mass is 35.5. The van der Waals surface area contributed by atoms with Gasteiger partial charge in [-0.2, -0.15) is 0 Å². The van der Waals surface area contributed by atoms with Crippen molar-refractivity contribution in [2.75, 3.05) is 5.32 Å². The number of amides is 1. The molecular weight excluding hydrogens is 234 g/mol. The summed E-state index contributed by atoms with van der Waals surface area (Å²) < 4.78 is 0. The van der Waals surface area contributed by atoms with E-state index in [-0.39, 0.29) is 11.3 Å². The fourth-order valence-corrected chi connectivity index (χ4v) is 2.52. The summed E-state index contributed by atoms with van der Waals surface area (Å²) >= 11 is 6.04. The molecule has 1 N–H and O–H groups in total. The second-order valence-corrected chi connectivity index (χ2v) is 5.59. The smallest absolute Gasteiger partial charge is 0.230 e. The second kappa shape index (κ2) is 4.69. The van der Waals surface area contributed by atoms with E-state index in [0.717, 1.165) is 36.9 Å². The van der Waals surface area contributed by atoms with Crippen LogP contribution >= 0.6 is 11.6 Å². The van der Waals surface area contributed by atoms with Crippen LogP contribution in [0.15, 0.2) is 18.2 Å². The van der Waals surface area contributed by atoms with Crippen LogP contribution in [0.4, 0.5) is 5.69 Å². The number of anilines is 1. The Labute approximate surface area is 107 Å². The first-order chi connectivity index (χ1) is 8.01. The van der Waals surface area contributed by atoms with Crippen LogP contribution in [0, 0.1) is 12.3 Å². The van der Waals surface area contributed by atoms with E-state index in [1.54, 1.807) is 0 Å². The Morgan fingerprint density at radius 1 is 1.35 bits per heavy atom. The minimum Gasteiger partial charge on any atom is -0.326 e. The Balaban J connectivity index is 2.10. The zero-order chi connectivity index (χ0) is 12.5. The summed E-state index contributed by atoms with van der Waals surface area (Å²) in [5.41, 5.74) is 1.62. The lowest BCUT2D eigenvalue weighted by Gasteiger charge is -2.22. The van der Waals surface area contributed by atoms with E-state index in [4.69, 9.17) is 11.6 Å². The number of aryl methyl sites for hydroxylation is 1. The molecule has 0 spiro atoms. The molecule has 17 heavy (non-hydrogen) atoms. The maximum absolute atomic E-state index is 12.2. The van der Waals surface area contributed by atoms with Gasteiger partial charge in [0, 0.05) is 16.1 Å². The van der Waals surface area contributed by atoms with Crippen LogP contribution in [0.5, 0.6) is 0 Å². The van der Waals surface area contributed by atoms with Crippen molar-refractivity contribution in [3.63, 3.8) is 0 Å². The first-order valence-corrected chi connectivity index (χ1v) is 6.47. The van der Waals surface area contributed by atoms with Crippen molar-refractivity contribution in [2.45, 2.75) is 39.5 Å². The maximum Gasteiger partial charge on any atom is 0.230 e. The molecule has 0 bridgehead atoms. The summed E-state index contributed by atoms with van der Waals surface area (Å²) in [5.74, 6) is 0.120. The third-order valence-corrected chi connectivity index (χ3v) is 4.09. The zero-order valence-corrected chi connectivity index (χ0v) is 11.1. The van der Waals surface area contributed by atoms with Gasteiger partial charge >= 0.3 is 0 Å². The molecule has 0 atom stereocenters. The molecule has 0 aliphatic heterocycles. The van der Waals surface area contributed by atoms with Crippen LogP contribution < -0.4 is 5.32 Å². The van der Waals surface area contributed by atoms with Gasteiger partial charge < -0.3 is 5.32 Å². The standard InChI is InChI=1S/C14H18ClNO/c1-10-5-6-11(9-12(10)15)16-13(17)14(2)7-3-4-8-14/h5-6,9H,3-4,7-8H2,1-2H3,(H,16,17). The minimum absolute atomic E-state index is 0.120. The molecule has 1 aliphatic rings. The van der Waals surface area contributed by atoms with E-state index in [9.17, 15) is 4.79 Å². The maximum atomic E-state index is 12.2. The van der Waals surface area contributed by atoms with Gasteiger partial charge in [0.1, 0.15) is 0 Å². The van der Waals surface area contributed by atoms with E-state index in [2.05, 4.69) is 5.32 Å². The highest BCUT2D eigenvalue weighted by molar-refractivity contribution is 6.31. The average molecular weight is 252 g/mol. The van der Waals surface area contributed by atoms with E-state index < -0.39 is 0 Å². The third kappa shape index (κ3) is 2.63. The van der Waals surface area contributed by atoms with Crippen molar-refractivity contribution in [1.29, 1.82) is 0 Å². The second-order valence-electron chi connectivity index (χ2n) is 5.19. The average Bonchev–Trinajstić information content (AvgIpc) is 2.72. The van der Waals surface area contributed by atoms with E-state index in [1.807, 2.05) is 32.0 Å². The molecule has 2 rings (SSSR count). The molecule has 0 saturated heterocycles. The van der Waals surface area contributed by atoms with E-state index in [0.29, 0.717) is 5.02 Å². The van der Waals surface area contributed by atoms with Gasteiger partial charge in [0.2, 0.25) is 5.91 Å². The van der Waals surface area contributed by atoms with Crippen molar-refractivity contribution >= 4 is 23.2 Å². The van der Waals surface area contributed by atoms with Crippen LogP contribution in [0.25, 0.3) is 0 Å². The van der Waals surface area contributed by atoms with Gasteiger partial charge in [-0.15, -0.1) is 0 Å². The van der Waals surface area contributed by atoms with Crippen molar-refractivity contribution < 1.29 is 4.79 Å². The molecule has 0 aromatic heterocycles. The molecule has 1 aromatic rings. The van der Waals surface area contributed by atoms with Gasteiger partial charge in [-0.1, -0.05) is 37.4 Å². The van der Waals surface area contributed by atoms with E-state index >= 15 is 0 Å². The molecule has 1 amide bonds. The monoisotopic (exact) mass is 251 g/mol. The summed E-state index contributed by atoms with van der Waals surface area (Å²) in [6.07, 6.45) is 4.27. The first kappa shape index (κ1) is 12.4. The van der Waals surface area contributed by atoms with Gasteiger partial charge in [0.15, 0.2) is 0 Å². The van der Waals surface area contributed by atoms with Crippen molar-refractivity contribution in [3.8, 4) is 0 Å². The molecule has 1 saturated carbocycles. The Morgan fingerprint density at radius 3 is 2.59 bits per heavy atom. The highest BCUT2D eigenvalue weighted by Crippen LogP contribution is 2.38.